The van der Waals surface area contributed by atoms with Gasteiger partial charge in [-0.15, -0.1) is 0 Å². The van der Waals surface area contributed by atoms with Gasteiger partial charge in [0.25, 0.3) is 0 Å². The van der Waals surface area contributed by atoms with Crippen molar-refractivity contribution in [2.75, 3.05) is 70.7 Å². The first-order valence-corrected chi connectivity index (χ1v) is 15.7. The van der Waals surface area contributed by atoms with Gasteiger partial charge in [-0.1, -0.05) is 12.1 Å². The van der Waals surface area contributed by atoms with Crippen LogP contribution in [-0.4, -0.2) is 99.9 Å². The molecule has 0 atom stereocenters. The van der Waals surface area contributed by atoms with E-state index in [-0.39, 0.29) is 17.2 Å². The predicted molar refractivity (Wildman–Crippen MR) is 154 cm³/mol. The Bertz CT molecular complexity index is 1430. The van der Waals surface area contributed by atoms with Gasteiger partial charge >= 0.3 is 0 Å². The Hall–Kier alpha value is -3.44. The number of benzene rings is 2. The number of methoxy groups -OCH3 is 1. The summed E-state index contributed by atoms with van der Waals surface area (Å²) in [5.41, 5.74) is 1.58. The van der Waals surface area contributed by atoms with Crippen molar-refractivity contribution in [2.24, 2.45) is 0 Å². The maximum absolute atomic E-state index is 12.9. The van der Waals surface area contributed by atoms with Crippen molar-refractivity contribution in [3.05, 3.63) is 48.3 Å². The predicted octanol–water partition coefficient (Wildman–Crippen LogP) is 2.80. The second-order valence-electron chi connectivity index (χ2n) is 10.4. The minimum absolute atomic E-state index is 0.0208. The van der Waals surface area contributed by atoms with Gasteiger partial charge in [-0.3, -0.25) is 4.79 Å². The van der Waals surface area contributed by atoms with Gasteiger partial charge in [-0.2, -0.15) is 0 Å². The number of sulfone groups is 1. The van der Waals surface area contributed by atoms with Crippen LogP contribution < -0.4 is 14.4 Å². The number of carbonyl (C=O) groups is 1. The SMILES string of the molecule is COc1cc2c(N3CCN(C(=O)Cc4ccc(S(C)(=O)=O)cc4)CC3)ncnc2cc1OCCCN1CCCC1. The lowest BCUT2D eigenvalue weighted by Crippen LogP contribution is -2.49. The van der Waals surface area contributed by atoms with Gasteiger partial charge in [0.15, 0.2) is 21.3 Å². The van der Waals surface area contributed by atoms with Crippen LogP contribution in [-0.2, 0) is 21.1 Å². The standard InChI is InChI=1S/C29H37N5O5S/c1-38-26-19-24-25(20-27(26)39-17-5-12-32-10-3-4-11-32)30-21-31-29(24)34-15-13-33(14-16-34)28(35)18-22-6-8-23(9-7-22)40(2,36)37/h6-9,19-21H,3-5,10-18H2,1-2H3. The third-order valence-corrected chi connectivity index (χ3v) is 8.74. The number of rotatable bonds is 10. The van der Waals surface area contributed by atoms with Crippen molar-refractivity contribution in [1.29, 1.82) is 0 Å². The molecule has 0 aliphatic carbocycles. The van der Waals surface area contributed by atoms with Crippen molar-refractivity contribution in [2.45, 2.75) is 30.6 Å². The lowest BCUT2D eigenvalue weighted by molar-refractivity contribution is -0.130. The second kappa shape index (κ2) is 12.4. The molecule has 1 amide bonds. The van der Waals surface area contributed by atoms with Crippen molar-refractivity contribution in [1.82, 2.24) is 19.8 Å². The van der Waals surface area contributed by atoms with E-state index in [2.05, 4.69) is 19.8 Å². The van der Waals surface area contributed by atoms with Gasteiger partial charge < -0.3 is 24.2 Å². The normalized spacial score (nSPS) is 16.4. The molecule has 2 saturated heterocycles. The highest BCUT2D eigenvalue weighted by atomic mass is 32.2. The summed E-state index contributed by atoms with van der Waals surface area (Å²) in [6.45, 7) is 6.46. The Morgan fingerprint density at radius 3 is 2.35 bits per heavy atom. The quantitative estimate of drug-likeness (QED) is 0.342. The maximum atomic E-state index is 12.9. The van der Waals surface area contributed by atoms with Crippen LogP contribution in [0.15, 0.2) is 47.6 Å². The Balaban J connectivity index is 1.20. The zero-order valence-electron chi connectivity index (χ0n) is 23.2. The smallest absolute Gasteiger partial charge is 0.227 e. The third kappa shape index (κ3) is 6.64. The molecule has 3 aromatic rings. The first-order chi connectivity index (χ1) is 19.3. The van der Waals surface area contributed by atoms with Gasteiger partial charge in [0.2, 0.25) is 5.91 Å². The lowest BCUT2D eigenvalue weighted by Gasteiger charge is -2.36. The highest BCUT2D eigenvalue weighted by Crippen LogP contribution is 2.35. The second-order valence-corrected chi connectivity index (χ2v) is 12.4. The monoisotopic (exact) mass is 567 g/mol. The van der Waals surface area contributed by atoms with Crippen LogP contribution in [0, 0.1) is 0 Å². The summed E-state index contributed by atoms with van der Waals surface area (Å²) in [6, 6.07) is 10.4. The average molecular weight is 568 g/mol. The molecule has 0 N–H and O–H groups in total. The Kier molecular flexibility index (Phi) is 8.70. The largest absolute Gasteiger partial charge is 0.493 e. The van der Waals surface area contributed by atoms with Crippen LogP contribution in [0.5, 0.6) is 11.5 Å². The van der Waals surface area contributed by atoms with Gasteiger partial charge in [-0.05, 0) is 56.1 Å². The van der Waals surface area contributed by atoms with E-state index in [0.717, 1.165) is 35.2 Å². The van der Waals surface area contributed by atoms with E-state index in [0.29, 0.717) is 44.3 Å². The maximum Gasteiger partial charge on any atom is 0.227 e. The Morgan fingerprint density at radius 2 is 1.68 bits per heavy atom. The molecule has 5 rings (SSSR count). The van der Waals surface area contributed by atoms with Gasteiger partial charge in [0, 0.05) is 50.4 Å². The molecule has 1 aromatic heterocycles. The molecule has 40 heavy (non-hydrogen) atoms. The van der Waals surface area contributed by atoms with Crippen molar-refractivity contribution >= 4 is 32.5 Å². The zero-order chi connectivity index (χ0) is 28.1. The molecule has 0 spiro atoms. The molecule has 214 valence electrons. The fourth-order valence-corrected chi connectivity index (χ4v) is 5.99. The van der Waals surface area contributed by atoms with Crippen LogP contribution in [0.4, 0.5) is 5.82 Å². The summed E-state index contributed by atoms with van der Waals surface area (Å²) >= 11 is 0. The topological polar surface area (TPSA) is 105 Å². The highest BCUT2D eigenvalue weighted by molar-refractivity contribution is 7.90. The molecular weight excluding hydrogens is 530 g/mol. The highest BCUT2D eigenvalue weighted by Gasteiger charge is 2.24. The molecule has 0 radical (unpaired) electrons. The molecular formula is C29H37N5O5S. The molecule has 0 saturated carbocycles. The van der Waals surface area contributed by atoms with Gasteiger partial charge in [0.05, 0.1) is 30.5 Å². The molecule has 3 heterocycles. The number of aromatic nitrogens is 2. The molecule has 0 unspecified atom stereocenters. The van der Waals surface area contributed by atoms with Crippen LogP contribution in [0.1, 0.15) is 24.8 Å². The summed E-state index contributed by atoms with van der Waals surface area (Å²) in [6.07, 6.45) is 6.52. The number of amides is 1. The molecule has 10 nitrogen and oxygen atoms in total. The fourth-order valence-electron chi connectivity index (χ4n) is 5.36. The first-order valence-electron chi connectivity index (χ1n) is 13.8. The number of likely N-dealkylation sites (tertiary alicyclic amines) is 1. The van der Waals surface area contributed by atoms with Gasteiger partial charge in [0.1, 0.15) is 12.1 Å². The Morgan fingerprint density at radius 1 is 0.950 bits per heavy atom. The van der Waals surface area contributed by atoms with E-state index in [9.17, 15) is 13.2 Å². The molecule has 2 aliphatic rings. The summed E-state index contributed by atoms with van der Waals surface area (Å²) < 4.78 is 35.1. The molecule has 0 bridgehead atoms. The Labute approximate surface area is 235 Å². The number of hydrogen-bond donors (Lipinski definition) is 0. The van der Waals surface area contributed by atoms with E-state index < -0.39 is 9.84 Å². The van der Waals surface area contributed by atoms with E-state index in [4.69, 9.17) is 9.47 Å². The zero-order valence-corrected chi connectivity index (χ0v) is 24.0. The first kappa shape index (κ1) is 28.1. The van der Waals surface area contributed by atoms with Crippen LogP contribution in [0.25, 0.3) is 10.9 Å². The third-order valence-electron chi connectivity index (χ3n) is 7.61. The minimum Gasteiger partial charge on any atom is -0.493 e. The number of nitrogens with zero attached hydrogens (tertiary/aromatic N) is 5. The van der Waals surface area contributed by atoms with Crippen LogP contribution >= 0.6 is 0 Å². The number of hydrogen-bond acceptors (Lipinski definition) is 9. The van der Waals surface area contributed by atoms with Crippen molar-refractivity contribution in [3.63, 3.8) is 0 Å². The van der Waals surface area contributed by atoms with Crippen LogP contribution in [0.3, 0.4) is 0 Å². The molecule has 2 aromatic carbocycles. The van der Waals surface area contributed by atoms with E-state index in [1.165, 1.54) is 32.2 Å². The number of anilines is 1. The number of carbonyl (C=O) groups excluding carboxylic acids is 1. The average Bonchev–Trinajstić information content (AvgIpc) is 3.48. The summed E-state index contributed by atoms with van der Waals surface area (Å²) in [5, 5.41) is 0.884. The van der Waals surface area contributed by atoms with E-state index in [1.54, 1.807) is 37.7 Å². The summed E-state index contributed by atoms with van der Waals surface area (Å²) in [7, 11) is -1.62. The fraction of sp³-hybridized carbons (Fsp3) is 0.483. The summed E-state index contributed by atoms with van der Waals surface area (Å²) in [5.74, 6) is 2.17. The number of fused-ring (bicyclic) bond motifs is 1. The lowest BCUT2D eigenvalue weighted by atomic mass is 10.1. The van der Waals surface area contributed by atoms with Crippen molar-refractivity contribution < 1.29 is 22.7 Å². The summed E-state index contributed by atoms with van der Waals surface area (Å²) in [4.78, 5) is 28.8. The number of piperazine rings is 1. The van der Waals surface area contributed by atoms with Crippen molar-refractivity contribution in [3.8, 4) is 11.5 Å². The number of ether oxygens (including phenoxy) is 2. The van der Waals surface area contributed by atoms with E-state index >= 15 is 0 Å². The molecule has 11 heteroatoms. The minimum atomic E-state index is -3.26. The molecule has 2 fully saturated rings. The van der Waals surface area contributed by atoms with E-state index in [1.807, 2.05) is 17.0 Å². The van der Waals surface area contributed by atoms with Gasteiger partial charge in [-0.25, -0.2) is 18.4 Å². The van der Waals surface area contributed by atoms with Crippen LogP contribution in [0.2, 0.25) is 0 Å². The molecule has 2 aliphatic heterocycles.